The highest BCUT2D eigenvalue weighted by Gasteiger charge is 2.39. The lowest BCUT2D eigenvalue weighted by Gasteiger charge is -2.44. The van der Waals surface area contributed by atoms with E-state index in [4.69, 9.17) is 11.6 Å². The zero-order valence-electron chi connectivity index (χ0n) is 12.0. The van der Waals surface area contributed by atoms with Crippen LogP contribution in [0.15, 0.2) is 18.3 Å². The fourth-order valence-corrected chi connectivity index (χ4v) is 3.01. The number of nitrogens with zero attached hydrogens (tertiary/aromatic N) is 2. The number of rotatable bonds is 3. The topological polar surface area (TPSA) is 53.4 Å². The predicted octanol–water partition coefficient (Wildman–Crippen LogP) is 2.61. The summed E-state index contributed by atoms with van der Waals surface area (Å²) in [5.74, 6) is 0.302. The first-order valence-electron chi connectivity index (χ1n) is 7.00. The summed E-state index contributed by atoms with van der Waals surface area (Å²) in [5.41, 5.74) is 0.368. The van der Waals surface area contributed by atoms with Crippen molar-refractivity contribution in [1.29, 1.82) is 0 Å². The Morgan fingerprint density at radius 3 is 2.95 bits per heavy atom. The molecule has 2 rings (SSSR count). The molecule has 2 heterocycles. The Morgan fingerprint density at radius 2 is 2.35 bits per heavy atom. The predicted molar refractivity (Wildman–Crippen MR) is 78.7 cm³/mol. The van der Waals surface area contributed by atoms with Crippen molar-refractivity contribution in [3.63, 3.8) is 0 Å². The molecule has 5 heteroatoms. The molecule has 0 saturated carbocycles. The van der Waals surface area contributed by atoms with Crippen molar-refractivity contribution >= 4 is 17.5 Å². The molecule has 1 fully saturated rings. The van der Waals surface area contributed by atoms with Crippen molar-refractivity contribution in [3.8, 4) is 0 Å². The molecular formula is C15H21ClN2O2. The molecule has 0 unspecified atom stereocenters. The van der Waals surface area contributed by atoms with Crippen LogP contribution >= 0.6 is 11.6 Å². The van der Waals surface area contributed by atoms with Gasteiger partial charge in [0.05, 0.1) is 6.61 Å². The number of amides is 1. The summed E-state index contributed by atoms with van der Waals surface area (Å²) >= 11 is 5.84. The number of likely N-dealkylation sites (tertiary alicyclic amines) is 1. The number of carbonyl (C=O) groups excluding carboxylic acids is 1. The van der Waals surface area contributed by atoms with Crippen LogP contribution in [0.5, 0.6) is 0 Å². The molecule has 0 aliphatic carbocycles. The van der Waals surface area contributed by atoms with Gasteiger partial charge in [-0.2, -0.15) is 0 Å². The average molecular weight is 297 g/mol. The van der Waals surface area contributed by atoms with Gasteiger partial charge >= 0.3 is 0 Å². The first kappa shape index (κ1) is 15.3. The van der Waals surface area contributed by atoms with Crippen molar-refractivity contribution in [2.24, 2.45) is 11.3 Å². The molecule has 1 saturated heterocycles. The third kappa shape index (κ3) is 2.96. The van der Waals surface area contributed by atoms with E-state index in [1.807, 2.05) is 4.90 Å². The van der Waals surface area contributed by atoms with Gasteiger partial charge in [0.15, 0.2) is 0 Å². The van der Waals surface area contributed by atoms with Crippen molar-refractivity contribution in [2.75, 3.05) is 19.7 Å². The maximum absolute atomic E-state index is 12.5. The van der Waals surface area contributed by atoms with Crippen LogP contribution in [0, 0.1) is 11.3 Å². The number of hydrogen-bond acceptors (Lipinski definition) is 3. The lowest BCUT2D eigenvalue weighted by molar-refractivity contribution is 0.000694. The van der Waals surface area contributed by atoms with Gasteiger partial charge in [-0.15, -0.1) is 0 Å². The van der Waals surface area contributed by atoms with Crippen LogP contribution in [0.25, 0.3) is 0 Å². The Bertz CT molecular complexity index is 493. The van der Waals surface area contributed by atoms with Crippen LogP contribution in [0.4, 0.5) is 0 Å². The van der Waals surface area contributed by atoms with Gasteiger partial charge in [-0.25, -0.2) is 4.98 Å². The highest BCUT2D eigenvalue weighted by Crippen LogP contribution is 2.37. The monoisotopic (exact) mass is 296 g/mol. The van der Waals surface area contributed by atoms with Gasteiger partial charge in [-0.1, -0.05) is 25.4 Å². The Labute approximate surface area is 124 Å². The van der Waals surface area contributed by atoms with Gasteiger partial charge in [0.1, 0.15) is 5.15 Å². The van der Waals surface area contributed by atoms with Crippen molar-refractivity contribution in [1.82, 2.24) is 9.88 Å². The van der Waals surface area contributed by atoms with Crippen LogP contribution < -0.4 is 0 Å². The van der Waals surface area contributed by atoms with E-state index in [1.165, 1.54) is 0 Å². The lowest BCUT2D eigenvalue weighted by atomic mass is 9.72. The Balaban J connectivity index is 2.18. The number of aliphatic hydroxyl groups is 1. The summed E-state index contributed by atoms with van der Waals surface area (Å²) in [6.07, 6.45) is 3.42. The van der Waals surface area contributed by atoms with Crippen LogP contribution in [-0.4, -0.2) is 40.6 Å². The standard InChI is InChI=1S/C15H21ClN2O2/c1-11(2)15(10-19)5-3-7-18(9-15)14(20)12-4-6-17-13(16)8-12/h4,6,8,11,19H,3,5,7,9-10H2,1-2H3/t15-/m1/s1. The van der Waals surface area contributed by atoms with E-state index in [2.05, 4.69) is 18.8 Å². The van der Waals surface area contributed by atoms with Crippen LogP contribution in [0.2, 0.25) is 5.15 Å². The third-order valence-corrected chi connectivity index (χ3v) is 4.62. The first-order chi connectivity index (χ1) is 9.48. The Hall–Kier alpha value is -1.13. The van der Waals surface area contributed by atoms with E-state index in [9.17, 15) is 9.90 Å². The molecule has 110 valence electrons. The second kappa shape index (κ2) is 6.10. The zero-order valence-corrected chi connectivity index (χ0v) is 12.7. The highest BCUT2D eigenvalue weighted by atomic mass is 35.5. The molecule has 0 bridgehead atoms. The molecule has 1 aromatic heterocycles. The molecule has 0 aromatic carbocycles. The molecule has 20 heavy (non-hydrogen) atoms. The van der Waals surface area contributed by atoms with Gasteiger partial charge in [0.2, 0.25) is 0 Å². The van der Waals surface area contributed by atoms with E-state index in [-0.39, 0.29) is 17.9 Å². The van der Waals surface area contributed by atoms with Crippen LogP contribution in [0.3, 0.4) is 0 Å². The van der Waals surface area contributed by atoms with E-state index in [0.29, 0.717) is 23.2 Å². The van der Waals surface area contributed by atoms with Gasteiger partial charge in [0.25, 0.3) is 5.91 Å². The minimum atomic E-state index is -0.190. The number of pyridine rings is 1. The van der Waals surface area contributed by atoms with Crippen molar-refractivity contribution in [2.45, 2.75) is 26.7 Å². The maximum Gasteiger partial charge on any atom is 0.254 e. The molecule has 4 nitrogen and oxygen atoms in total. The summed E-state index contributed by atoms with van der Waals surface area (Å²) in [7, 11) is 0. The van der Waals surface area contributed by atoms with E-state index in [1.54, 1.807) is 18.3 Å². The van der Waals surface area contributed by atoms with Crippen molar-refractivity contribution in [3.05, 3.63) is 29.0 Å². The van der Waals surface area contributed by atoms with Gasteiger partial charge < -0.3 is 10.0 Å². The molecule has 0 spiro atoms. The van der Waals surface area contributed by atoms with E-state index >= 15 is 0 Å². The first-order valence-corrected chi connectivity index (χ1v) is 7.38. The summed E-state index contributed by atoms with van der Waals surface area (Å²) in [6.45, 7) is 5.65. The summed E-state index contributed by atoms with van der Waals surface area (Å²) < 4.78 is 0. The number of aliphatic hydroxyl groups excluding tert-OH is 1. The van der Waals surface area contributed by atoms with Gasteiger partial charge in [0, 0.05) is 30.3 Å². The number of piperidine rings is 1. The fraction of sp³-hybridized carbons (Fsp3) is 0.600. The summed E-state index contributed by atoms with van der Waals surface area (Å²) in [4.78, 5) is 18.3. The number of halogens is 1. The normalized spacial score (nSPS) is 23.1. The van der Waals surface area contributed by atoms with Crippen LogP contribution in [0.1, 0.15) is 37.0 Å². The molecule has 1 aliphatic rings. The quantitative estimate of drug-likeness (QED) is 0.872. The number of hydrogen-bond donors (Lipinski definition) is 1. The van der Waals surface area contributed by atoms with E-state index < -0.39 is 0 Å². The van der Waals surface area contributed by atoms with Crippen LogP contribution in [-0.2, 0) is 0 Å². The second-order valence-electron chi connectivity index (χ2n) is 5.87. The molecule has 1 atom stereocenters. The maximum atomic E-state index is 12.5. The SMILES string of the molecule is CC(C)[C@]1(CO)CCCN(C(=O)c2ccnc(Cl)c2)C1. The Kier molecular flexibility index (Phi) is 4.66. The number of aromatic nitrogens is 1. The lowest BCUT2D eigenvalue weighted by Crippen LogP contribution is -2.50. The number of carbonyl (C=O) groups is 1. The summed E-state index contributed by atoms with van der Waals surface area (Å²) in [6, 6.07) is 3.27. The second-order valence-corrected chi connectivity index (χ2v) is 6.26. The summed E-state index contributed by atoms with van der Waals surface area (Å²) in [5, 5.41) is 10.1. The molecule has 1 amide bonds. The van der Waals surface area contributed by atoms with E-state index in [0.717, 1.165) is 19.4 Å². The minimum Gasteiger partial charge on any atom is -0.396 e. The molecule has 1 N–H and O–H groups in total. The van der Waals surface area contributed by atoms with Gasteiger partial charge in [-0.05, 0) is 30.9 Å². The molecule has 1 aromatic rings. The zero-order chi connectivity index (χ0) is 14.8. The molecule has 1 aliphatic heterocycles. The fourth-order valence-electron chi connectivity index (χ4n) is 2.83. The largest absolute Gasteiger partial charge is 0.396 e. The minimum absolute atomic E-state index is 0.0347. The molecule has 0 radical (unpaired) electrons. The van der Waals surface area contributed by atoms with Gasteiger partial charge in [-0.3, -0.25) is 4.79 Å². The molecular weight excluding hydrogens is 276 g/mol. The average Bonchev–Trinajstić information content (AvgIpc) is 2.46. The smallest absolute Gasteiger partial charge is 0.254 e. The van der Waals surface area contributed by atoms with Crippen molar-refractivity contribution < 1.29 is 9.90 Å². The highest BCUT2D eigenvalue weighted by molar-refractivity contribution is 6.29. The third-order valence-electron chi connectivity index (χ3n) is 4.41. The Morgan fingerprint density at radius 1 is 1.60 bits per heavy atom.